The van der Waals surface area contributed by atoms with Crippen LogP contribution in [-0.2, 0) is 29.7 Å². The minimum atomic E-state index is -0.0750. The molecule has 0 unspecified atom stereocenters. The van der Waals surface area contributed by atoms with Crippen molar-refractivity contribution in [2.75, 3.05) is 20.1 Å². The molecule has 0 saturated heterocycles. The molecule has 1 aliphatic heterocycles. The Kier molecular flexibility index (Phi) is 5.84. The third-order valence-corrected chi connectivity index (χ3v) is 5.51. The molecule has 0 aliphatic carbocycles. The number of rotatable bonds is 4. The van der Waals surface area contributed by atoms with E-state index in [0.717, 1.165) is 18.7 Å². The van der Waals surface area contributed by atoms with Crippen molar-refractivity contribution in [3.8, 4) is 0 Å². The largest absolute Gasteiger partial charge is 0.443 e. The van der Waals surface area contributed by atoms with Gasteiger partial charge in [0.2, 0.25) is 11.8 Å². The summed E-state index contributed by atoms with van der Waals surface area (Å²) in [5.41, 5.74) is 1.19. The number of oxazole rings is 1. The van der Waals surface area contributed by atoms with Gasteiger partial charge in [-0.15, -0.1) is 11.3 Å². The highest BCUT2D eigenvalue weighted by atomic mass is 32.1. The van der Waals surface area contributed by atoms with Gasteiger partial charge in [0.25, 0.3) is 0 Å². The number of amides is 1. The van der Waals surface area contributed by atoms with Crippen LogP contribution < -0.4 is 10.6 Å². The van der Waals surface area contributed by atoms with Crippen molar-refractivity contribution in [2.24, 2.45) is 4.99 Å². The van der Waals surface area contributed by atoms with Crippen LogP contribution in [0.2, 0.25) is 0 Å². The van der Waals surface area contributed by atoms with Crippen LogP contribution in [0.3, 0.4) is 0 Å². The highest BCUT2D eigenvalue weighted by Gasteiger charge is 2.22. The SMILES string of the molecule is CN=C(NCC(=O)N1CCc2sccc2C1)NCc1ncc(C(C)(C)C)o1. The molecular formula is C19H27N5O2S. The first-order valence-corrected chi connectivity index (χ1v) is 9.97. The number of carbonyl (C=O) groups excluding carboxylic acids is 1. The van der Waals surface area contributed by atoms with Crippen molar-refractivity contribution in [1.82, 2.24) is 20.5 Å². The van der Waals surface area contributed by atoms with Crippen LogP contribution >= 0.6 is 11.3 Å². The van der Waals surface area contributed by atoms with Gasteiger partial charge in [0, 0.05) is 30.4 Å². The summed E-state index contributed by atoms with van der Waals surface area (Å²) in [6, 6.07) is 2.11. The summed E-state index contributed by atoms with van der Waals surface area (Å²) in [5, 5.41) is 8.30. The molecule has 2 N–H and O–H groups in total. The van der Waals surface area contributed by atoms with Crippen molar-refractivity contribution in [3.05, 3.63) is 39.7 Å². The Labute approximate surface area is 163 Å². The number of nitrogens with one attached hydrogen (secondary N) is 2. The van der Waals surface area contributed by atoms with Crippen LogP contribution in [0.15, 0.2) is 27.1 Å². The number of fused-ring (bicyclic) bond motifs is 1. The van der Waals surface area contributed by atoms with Gasteiger partial charge in [0.1, 0.15) is 5.76 Å². The molecule has 7 nitrogen and oxygen atoms in total. The summed E-state index contributed by atoms with van der Waals surface area (Å²) in [6.45, 7) is 8.32. The first-order valence-electron chi connectivity index (χ1n) is 9.09. The second-order valence-electron chi connectivity index (χ2n) is 7.58. The molecule has 0 aromatic carbocycles. The molecule has 0 fully saturated rings. The number of carbonyl (C=O) groups is 1. The van der Waals surface area contributed by atoms with E-state index >= 15 is 0 Å². The van der Waals surface area contributed by atoms with Gasteiger partial charge in [-0.05, 0) is 23.4 Å². The van der Waals surface area contributed by atoms with E-state index in [1.165, 1.54) is 10.4 Å². The Hall–Kier alpha value is -2.35. The number of hydrogen-bond acceptors (Lipinski definition) is 5. The summed E-state index contributed by atoms with van der Waals surface area (Å²) >= 11 is 1.77. The zero-order chi connectivity index (χ0) is 19.4. The number of thiophene rings is 1. The number of hydrogen-bond donors (Lipinski definition) is 2. The van der Waals surface area contributed by atoms with Crippen molar-refractivity contribution < 1.29 is 9.21 Å². The van der Waals surface area contributed by atoms with Gasteiger partial charge in [-0.3, -0.25) is 9.79 Å². The molecule has 2 aromatic heterocycles. The van der Waals surface area contributed by atoms with Gasteiger partial charge >= 0.3 is 0 Å². The van der Waals surface area contributed by atoms with Crippen LogP contribution in [0.4, 0.5) is 0 Å². The summed E-state index contributed by atoms with van der Waals surface area (Å²) in [4.78, 5) is 24.2. The first-order chi connectivity index (χ1) is 12.9. The molecule has 2 aromatic rings. The summed E-state index contributed by atoms with van der Waals surface area (Å²) in [7, 11) is 1.68. The zero-order valence-corrected chi connectivity index (χ0v) is 17.2. The maximum Gasteiger partial charge on any atom is 0.242 e. The molecule has 3 heterocycles. The van der Waals surface area contributed by atoms with Crippen LogP contribution in [0.25, 0.3) is 0 Å². The van der Waals surface area contributed by atoms with E-state index in [2.05, 4.69) is 52.8 Å². The Morgan fingerprint density at radius 2 is 2.22 bits per heavy atom. The molecule has 0 spiro atoms. The first kappa shape index (κ1) is 19.4. The number of aliphatic imine (C=N–C) groups is 1. The Morgan fingerprint density at radius 3 is 2.93 bits per heavy atom. The van der Waals surface area contributed by atoms with Gasteiger partial charge in [0.05, 0.1) is 19.3 Å². The van der Waals surface area contributed by atoms with Gasteiger partial charge < -0.3 is 20.0 Å². The van der Waals surface area contributed by atoms with Crippen molar-refractivity contribution >= 4 is 23.2 Å². The second kappa shape index (κ2) is 8.12. The molecule has 0 bridgehead atoms. The van der Waals surface area contributed by atoms with E-state index in [1.54, 1.807) is 24.6 Å². The average Bonchev–Trinajstić information content (AvgIpc) is 3.29. The molecule has 0 saturated carbocycles. The molecule has 3 rings (SSSR count). The molecule has 1 amide bonds. The van der Waals surface area contributed by atoms with Crippen LogP contribution in [0.1, 0.15) is 42.9 Å². The standard InChI is InChI=1S/C19H27N5O2S/c1-19(2,3)15-9-21-16(26-15)10-22-18(20-4)23-11-17(25)24-7-5-14-13(12-24)6-8-27-14/h6,8-9H,5,7,10-12H2,1-4H3,(H2,20,22,23). The smallest absolute Gasteiger partial charge is 0.242 e. The molecule has 0 atom stereocenters. The quantitative estimate of drug-likeness (QED) is 0.619. The number of nitrogens with zero attached hydrogens (tertiary/aromatic N) is 3. The van der Waals surface area contributed by atoms with Crippen LogP contribution in [0, 0.1) is 0 Å². The van der Waals surface area contributed by atoms with E-state index in [1.807, 2.05) is 4.90 Å². The van der Waals surface area contributed by atoms with Crippen LogP contribution in [-0.4, -0.2) is 41.9 Å². The lowest BCUT2D eigenvalue weighted by atomic mass is 9.94. The van der Waals surface area contributed by atoms with Crippen molar-refractivity contribution in [1.29, 1.82) is 0 Å². The van der Waals surface area contributed by atoms with E-state index in [4.69, 9.17) is 4.42 Å². The van der Waals surface area contributed by atoms with E-state index in [9.17, 15) is 4.79 Å². The Bertz CT molecular complexity index is 818. The molecule has 1 aliphatic rings. The van der Waals surface area contributed by atoms with Gasteiger partial charge in [-0.25, -0.2) is 4.98 Å². The minimum Gasteiger partial charge on any atom is -0.443 e. The Balaban J connectivity index is 1.46. The summed E-state index contributed by atoms with van der Waals surface area (Å²) < 4.78 is 5.76. The van der Waals surface area contributed by atoms with E-state index in [0.29, 0.717) is 24.9 Å². The highest BCUT2D eigenvalue weighted by molar-refractivity contribution is 7.10. The maximum absolute atomic E-state index is 12.5. The highest BCUT2D eigenvalue weighted by Crippen LogP contribution is 2.24. The average molecular weight is 390 g/mol. The number of aromatic nitrogens is 1. The Morgan fingerprint density at radius 1 is 1.41 bits per heavy atom. The van der Waals surface area contributed by atoms with Gasteiger partial charge in [-0.1, -0.05) is 20.8 Å². The third kappa shape index (κ3) is 4.88. The minimum absolute atomic E-state index is 0.0703. The predicted octanol–water partition coefficient (Wildman–Crippen LogP) is 2.28. The molecule has 0 radical (unpaired) electrons. The molecule has 146 valence electrons. The fraction of sp³-hybridized carbons (Fsp3) is 0.526. The van der Waals surface area contributed by atoms with Gasteiger partial charge in [0.15, 0.2) is 5.96 Å². The lowest BCUT2D eigenvalue weighted by Crippen LogP contribution is -2.45. The molecule has 27 heavy (non-hydrogen) atoms. The lowest BCUT2D eigenvalue weighted by molar-refractivity contribution is -0.130. The summed E-state index contributed by atoms with van der Waals surface area (Å²) in [5.74, 6) is 2.05. The molecule has 8 heteroatoms. The van der Waals surface area contributed by atoms with Gasteiger partial charge in [-0.2, -0.15) is 0 Å². The van der Waals surface area contributed by atoms with Crippen molar-refractivity contribution in [2.45, 2.75) is 45.7 Å². The monoisotopic (exact) mass is 389 g/mol. The maximum atomic E-state index is 12.5. The topological polar surface area (TPSA) is 82.8 Å². The fourth-order valence-electron chi connectivity index (χ4n) is 2.85. The fourth-order valence-corrected chi connectivity index (χ4v) is 3.74. The van der Waals surface area contributed by atoms with Crippen molar-refractivity contribution in [3.63, 3.8) is 0 Å². The van der Waals surface area contributed by atoms with E-state index in [-0.39, 0.29) is 17.9 Å². The summed E-state index contributed by atoms with van der Waals surface area (Å²) in [6.07, 6.45) is 2.69. The number of guanidine groups is 1. The lowest BCUT2D eigenvalue weighted by Gasteiger charge is -2.27. The normalized spacial score (nSPS) is 14.8. The zero-order valence-electron chi connectivity index (χ0n) is 16.3. The van der Waals surface area contributed by atoms with Crippen LogP contribution in [0.5, 0.6) is 0 Å². The second-order valence-corrected chi connectivity index (χ2v) is 8.58. The molecular weight excluding hydrogens is 362 g/mol. The predicted molar refractivity (Wildman–Crippen MR) is 107 cm³/mol. The van der Waals surface area contributed by atoms with E-state index < -0.39 is 0 Å². The third-order valence-electron chi connectivity index (χ3n) is 4.49.